The molecule has 0 unspecified atom stereocenters. The second kappa shape index (κ2) is 13.1. The number of benzene rings is 3. The molecule has 208 valence electrons. The first-order valence-corrected chi connectivity index (χ1v) is 14.4. The molecule has 2 amide bonds. The normalized spacial score (nSPS) is 12.9. The Labute approximate surface area is 234 Å². The Morgan fingerprint density at radius 1 is 0.949 bits per heavy atom. The van der Waals surface area contributed by atoms with Gasteiger partial charge in [-0.05, 0) is 81.3 Å². The van der Waals surface area contributed by atoms with E-state index in [0.717, 1.165) is 22.0 Å². The maximum absolute atomic E-state index is 13.8. The van der Waals surface area contributed by atoms with Gasteiger partial charge in [-0.3, -0.25) is 13.9 Å². The Morgan fingerprint density at radius 2 is 1.54 bits per heavy atom. The van der Waals surface area contributed by atoms with Crippen LogP contribution in [0.2, 0.25) is 5.02 Å². The van der Waals surface area contributed by atoms with Crippen LogP contribution < -0.4 is 9.62 Å². The first-order chi connectivity index (χ1) is 18.4. The van der Waals surface area contributed by atoms with Crippen molar-refractivity contribution in [2.45, 2.75) is 57.6 Å². The second-order valence-electron chi connectivity index (χ2n) is 9.44. The summed E-state index contributed by atoms with van der Waals surface area (Å²) in [5.41, 5.74) is 1.70. The zero-order chi connectivity index (χ0) is 28.7. The van der Waals surface area contributed by atoms with Crippen LogP contribution in [0.3, 0.4) is 0 Å². The van der Waals surface area contributed by atoms with Crippen molar-refractivity contribution in [1.29, 1.82) is 0 Å². The summed E-state index contributed by atoms with van der Waals surface area (Å²) >= 11 is 6.02. The topological polar surface area (TPSA) is 86.8 Å². The van der Waals surface area contributed by atoms with Crippen molar-refractivity contribution < 1.29 is 22.4 Å². The van der Waals surface area contributed by atoms with E-state index in [9.17, 15) is 22.4 Å². The molecule has 0 aromatic heterocycles. The lowest BCUT2D eigenvalue weighted by Gasteiger charge is -2.32. The van der Waals surface area contributed by atoms with Crippen molar-refractivity contribution in [3.05, 3.63) is 94.8 Å². The summed E-state index contributed by atoms with van der Waals surface area (Å²) in [4.78, 5) is 28.2. The molecule has 0 spiro atoms. The predicted octanol–water partition coefficient (Wildman–Crippen LogP) is 5.31. The van der Waals surface area contributed by atoms with Crippen LogP contribution in [0.25, 0.3) is 0 Å². The molecule has 0 fully saturated rings. The summed E-state index contributed by atoms with van der Waals surface area (Å²) in [5, 5.41) is 3.40. The third-order valence-electron chi connectivity index (χ3n) is 6.44. The Kier molecular flexibility index (Phi) is 10.1. The van der Waals surface area contributed by atoms with Gasteiger partial charge in [0.2, 0.25) is 11.8 Å². The third-order valence-corrected chi connectivity index (χ3v) is 8.48. The smallest absolute Gasteiger partial charge is 0.264 e. The van der Waals surface area contributed by atoms with Crippen LogP contribution in [0.15, 0.2) is 77.7 Å². The number of sulfonamides is 1. The molecule has 0 radical (unpaired) electrons. The molecule has 2 atom stereocenters. The fourth-order valence-corrected chi connectivity index (χ4v) is 5.35. The molecule has 7 nitrogen and oxygen atoms in total. The SMILES string of the molecule is CC[C@H](C)NC(=O)[C@H](C)N(Cc1ccc(Cl)cc1)C(=O)CN(c1ccc(F)cc1)S(=O)(=O)c1ccc(C)cc1. The number of anilines is 1. The zero-order valence-corrected chi connectivity index (χ0v) is 24.0. The zero-order valence-electron chi connectivity index (χ0n) is 22.4. The molecule has 3 rings (SSSR count). The van der Waals surface area contributed by atoms with E-state index in [1.165, 1.54) is 29.2 Å². The molecule has 0 saturated heterocycles. The van der Waals surface area contributed by atoms with Gasteiger partial charge in [-0.25, -0.2) is 12.8 Å². The van der Waals surface area contributed by atoms with Crippen molar-refractivity contribution in [3.63, 3.8) is 0 Å². The van der Waals surface area contributed by atoms with E-state index in [1.807, 2.05) is 20.8 Å². The van der Waals surface area contributed by atoms with Gasteiger partial charge >= 0.3 is 0 Å². The van der Waals surface area contributed by atoms with Gasteiger partial charge in [0, 0.05) is 17.6 Å². The van der Waals surface area contributed by atoms with Crippen LogP contribution in [-0.4, -0.2) is 43.8 Å². The first-order valence-electron chi connectivity index (χ1n) is 12.6. The lowest BCUT2D eigenvalue weighted by atomic mass is 10.1. The van der Waals surface area contributed by atoms with E-state index in [1.54, 1.807) is 43.3 Å². The molecular formula is C29H33ClFN3O4S. The maximum atomic E-state index is 13.8. The number of hydrogen-bond acceptors (Lipinski definition) is 4. The highest BCUT2D eigenvalue weighted by Gasteiger charge is 2.32. The number of rotatable bonds is 11. The third kappa shape index (κ3) is 7.80. The van der Waals surface area contributed by atoms with E-state index in [0.29, 0.717) is 17.0 Å². The minimum atomic E-state index is -4.21. The fraction of sp³-hybridized carbons (Fsp3) is 0.310. The van der Waals surface area contributed by atoms with E-state index >= 15 is 0 Å². The number of halogens is 2. The van der Waals surface area contributed by atoms with Gasteiger partial charge in [-0.1, -0.05) is 48.4 Å². The van der Waals surface area contributed by atoms with Gasteiger partial charge in [-0.15, -0.1) is 0 Å². The molecule has 3 aromatic rings. The summed E-state index contributed by atoms with van der Waals surface area (Å²) in [5.74, 6) is -1.50. The van der Waals surface area contributed by atoms with Gasteiger partial charge in [0.15, 0.2) is 0 Å². The Bertz CT molecular complexity index is 1380. The van der Waals surface area contributed by atoms with Crippen molar-refractivity contribution in [2.75, 3.05) is 10.8 Å². The summed E-state index contributed by atoms with van der Waals surface area (Å²) in [7, 11) is -4.21. The van der Waals surface area contributed by atoms with Gasteiger partial charge in [-0.2, -0.15) is 0 Å². The number of carbonyl (C=O) groups is 2. The molecule has 39 heavy (non-hydrogen) atoms. The maximum Gasteiger partial charge on any atom is 0.264 e. The highest BCUT2D eigenvalue weighted by atomic mass is 35.5. The van der Waals surface area contributed by atoms with Crippen molar-refractivity contribution in [2.24, 2.45) is 0 Å². The molecule has 0 bridgehead atoms. The molecule has 10 heteroatoms. The number of nitrogens with zero attached hydrogens (tertiary/aromatic N) is 2. The molecule has 1 N–H and O–H groups in total. The standard InChI is InChI=1S/C29H33ClFN3O4S/c1-5-21(3)32-29(36)22(4)33(18-23-8-10-24(30)11-9-23)28(35)19-34(26-14-12-25(31)13-15-26)39(37,38)27-16-6-20(2)7-17-27/h6-17,21-22H,5,18-19H2,1-4H3,(H,32,36)/t21-,22-/m0/s1. The van der Waals surface area contributed by atoms with Crippen LogP contribution in [0.5, 0.6) is 0 Å². The highest BCUT2D eigenvalue weighted by Crippen LogP contribution is 2.25. The lowest BCUT2D eigenvalue weighted by molar-refractivity contribution is -0.139. The van der Waals surface area contributed by atoms with Gasteiger partial charge < -0.3 is 10.2 Å². The van der Waals surface area contributed by atoms with Crippen LogP contribution in [0.4, 0.5) is 10.1 Å². The second-order valence-corrected chi connectivity index (χ2v) is 11.7. The van der Waals surface area contributed by atoms with Crippen molar-refractivity contribution in [3.8, 4) is 0 Å². The Morgan fingerprint density at radius 3 is 2.10 bits per heavy atom. The Balaban J connectivity index is 2.01. The summed E-state index contributed by atoms with van der Waals surface area (Å²) in [6, 6.07) is 16.9. The average molecular weight is 574 g/mol. The highest BCUT2D eigenvalue weighted by molar-refractivity contribution is 7.92. The number of amides is 2. The number of nitrogens with one attached hydrogen (secondary N) is 1. The van der Waals surface area contributed by atoms with Crippen LogP contribution in [0, 0.1) is 12.7 Å². The fourth-order valence-electron chi connectivity index (χ4n) is 3.81. The Hall–Kier alpha value is -3.43. The lowest BCUT2D eigenvalue weighted by Crippen LogP contribution is -2.52. The van der Waals surface area contributed by atoms with E-state index in [4.69, 9.17) is 11.6 Å². The van der Waals surface area contributed by atoms with Gasteiger partial charge in [0.1, 0.15) is 18.4 Å². The molecule has 0 aliphatic carbocycles. The van der Waals surface area contributed by atoms with Crippen molar-refractivity contribution in [1.82, 2.24) is 10.2 Å². The van der Waals surface area contributed by atoms with E-state index in [-0.39, 0.29) is 29.1 Å². The quantitative estimate of drug-likeness (QED) is 0.337. The summed E-state index contributed by atoms with van der Waals surface area (Å²) < 4.78 is 42.1. The van der Waals surface area contributed by atoms with Gasteiger partial charge in [0.25, 0.3) is 10.0 Å². The summed E-state index contributed by atoms with van der Waals surface area (Å²) in [6.07, 6.45) is 0.705. The molecule has 0 aliphatic rings. The monoisotopic (exact) mass is 573 g/mol. The van der Waals surface area contributed by atoms with E-state index < -0.39 is 34.3 Å². The predicted molar refractivity (Wildman–Crippen MR) is 151 cm³/mol. The minimum absolute atomic E-state index is 0.0166. The van der Waals surface area contributed by atoms with Crippen LogP contribution >= 0.6 is 11.6 Å². The molecule has 3 aromatic carbocycles. The van der Waals surface area contributed by atoms with Crippen molar-refractivity contribution >= 4 is 39.1 Å². The van der Waals surface area contributed by atoms with Crippen LogP contribution in [-0.2, 0) is 26.2 Å². The molecular weight excluding hydrogens is 541 g/mol. The number of carbonyl (C=O) groups excluding carboxylic acids is 2. The molecule has 0 aliphatic heterocycles. The number of aryl methyl sites for hydroxylation is 1. The van der Waals surface area contributed by atoms with Gasteiger partial charge in [0.05, 0.1) is 10.6 Å². The molecule has 0 saturated carbocycles. The average Bonchev–Trinajstić information content (AvgIpc) is 2.91. The first kappa shape index (κ1) is 30.1. The van der Waals surface area contributed by atoms with Crippen LogP contribution in [0.1, 0.15) is 38.3 Å². The molecule has 0 heterocycles. The largest absolute Gasteiger partial charge is 0.352 e. The number of hydrogen-bond donors (Lipinski definition) is 1. The summed E-state index contributed by atoms with van der Waals surface area (Å²) in [6.45, 7) is 6.67. The van der Waals surface area contributed by atoms with E-state index in [2.05, 4.69) is 5.32 Å². The minimum Gasteiger partial charge on any atom is -0.352 e.